The first kappa shape index (κ1) is 13.7. The Hall–Kier alpha value is -1.30. The molecule has 3 rings (SSSR count). The summed E-state index contributed by atoms with van der Waals surface area (Å²) in [6.45, 7) is 1.82. The fourth-order valence-electron chi connectivity index (χ4n) is 2.70. The van der Waals surface area contributed by atoms with Gasteiger partial charge in [-0.2, -0.15) is 13.2 Å². The highest BCUT2D eigenvalue weighted by Gasteiger charge is 2.35. The average molecular weight is 288 g/mol. The van der Waals surface area contributed by atoms with Crippen molar-refractivity contribution in [2.75, 3.05) is 18.4 Å². The first-order valence-corrected chi connectivity index (χ1v) is 6.81. The summed E-state index contributed by atoms with van der Waals surface area (Å²) in [6, 6.07) is 3.42. The van der Waals surface area contributed by atoms with Crippen LogP contribution in [0.5, 0.6) is 0 Å². The van der Waals surface area contributed by atoms with Gasteiger partial charge in [-0.25, -0.2) is 4.39 Å². The molecular formula is C14H16F4N2. The molecule has 0 aromatic heterocycles. The van der Waals surface area contributed by atoms with Gasteiger partial charge in [0.1, 0.15) is 5.82 Å². The maximum Gasteiger partial charge on any atom is 0.416 e. The SMILES string of the molecule is Fc1cc(C(F)(F)F)ccc1NC1CCN(C2CC2)C1. The number of benzene rings is 1. The lowest BCUT2D eigenvalue weighted by Crippen LogP contribution is -2.28. The van der Waals surface area contributed by atoms with Crippen molar-refractivity contribution in [1.82, 2.24) is 4.90 Å². The summed E-state index contributed by atoms with van der Waals surface area (Å²) in [7, 11) is 0. The van der Waals surface area contributed by atoms with Crippen LogP contribution in [0.2, 0.25) is 0 Å². The maximum absolute atomic E-state index is 13.7. The summed E-state index contributed by atoms with van der Waals surface area (Å²) < 4.78 is 51.1. The van der Waals surface area contributed by atoms with E-state index in [9.17, 15) is 17.6 Å². The van der Waals surface area contributed by atoms with E-state index in [0.29, 0.717) is 12.1 Å². The van der Waals surface area contributed by atoms with Crippen LogP contribution in [0.4, 0.5) is 23.2 Å². The standard InChI is InChI=1S/C14H16F4N2/c15-12-7-9(14(16,17)18)1-4-13(12)19-10-5-6-20(8-10)11-2-3-11/h1,4,7,10-11,19H,2-3,5-6,8H2. The van der Waals surface area contributed by atoms with Gasteiger partial charge in [-0.05, 0) is 37.5 Å². The Labute approximate surface area is 114 Å². The van der Waals surface area contributed by atoms with Crippen LogP contribution >= 0.6 is 0 Å². The van der Waals surface area contributed by atoms with Gasteiger partial charge in [0.25, 0.3) is 0 Å². The third kappa shape index (κ3) is 2.90. The van der Waals surface area contributed by atoms with Crippen molar-refractivity contribution in [2.24, 2.45) is 0 Å². The third-order valence-electron chi connectivity index (χ3n) is 3.94. The van der Waals surface area contributed by atoms with E-state index < -0.39 is 17.6 Å². The Kier molecular flexibility index (Phi) is 3.36. The molecular weight excluding hydrogens is 272 g/mol. The second-order valence-electron chi connectivity index (χ2n) is 5.55. The Morgan fingerprint density at radius 2 is 1.90 bits per heavy atom. The lowest BCUT2D eigenvalue weighted by molar-refractivity contribution is -0.137. The van der Waals surface area contributed by atoms with E-state index in [1.165, 1.54) is 18.9 Å². The first-order chi connectivity index (χ1) is 9.43. The molecule has 0 amide bonds. The van der Waals surface area contributed by atoms with Gasteiger partial charge in [-0.15, -0.1) is 0 Å². The predicted octanol–water partition coefficient (Wildman–Crippen LogP) is 3.49. The summed E-state index contributed by atoms with van der Waals surface area (Å²) in [6.07, 6.45) is -1.16. The number of alkyl halides is 3. The zero-order valence-corrected chi connectivity index (χ0v) is 10.9. The monoisotopic (exact) mass is 288 g/mol. The van der Waals surface area contributed by atoms with Gasteiger partial charge < -0.3 is 5.32 Å². The highest BCUT2D eigenvalue weighted by atomic mass is 19.4. The molecule has 0 radical (unpaired) electrons. The Morgan fingerprint density at radius 1 is 1.15 bits per heavy atom. The lowest BCUT2D eigenvalue weighted by atomic mass is 10.1. The van der Waals surface area contributed by atoms with Gasteiger partial charge in [0.05, 0.1) is 11.3 Å². The second-order valence-corrected chi connectivity index (χ2v) is 5.55. The molecule has 1 saturated heterocycles. The molecule has 0 spiro atoms. The van der Waals surface area contributed by atoms with Crippen LogP contribution in [-0.4, -0.2) is 30.1 Å². The van der Waals surface area contributed by atoms with Crippen LogP contribution < -0.4 is 5.32 Å². The van der Waals surface area contributed by atoms with Crippen molar-refractivity contribution in [3.05, 3.63) is 29.6 Å². The fourth-order valence-corrected chi connectivity index (χ4v) is 2.70. The van der Waals surface area contributed by atoms with Crippen molar-refractivity contribution < 1.29 is 17.6 Å². The van der Waals surface area contributed by atoms with Crippen LogP contribution in [0.3, 0.4) is 0 Å². The number of hydrogen-bond donors (Lipinski definition) is 1. The Bertz CT molecular complexity index is 496. The molecule has 1 aliphatic heterocycles. The molecule has 1 atom stereocenters. The van der Waals surface area contributed by atoms with E-state index in [4.69, 9.17) is 0 Å². The van der Waals surface area contributed by atoms with Gasteiger partial charge in [-0.1, -0.05) is 0 Å². The van der Waals surface area contributed by atoms with Crippen molar-refractivity contribution in [1.29, 1.82) is 0 Å². The first-order valence-electron chi connectivity index (χ1n) is 6.81. The number of nitrogens with zero attached hydrogens (tertiary/aromatic N) is 1. The molecule has 1 aromatic carbocycles. The Morgan fingerprint density at radius 3 is 2.50 bits per heavy atom. The summed E-state index contributed by atoms with van der Waals surface area (Å²) in [4.78, 5) is 2.36. The molecule has 0 bridgehead atoms. The topological polar surface area (TPSA) is 15.3 Å². The zero-order chi connectivity index (χ0) is 14.3. The average Bonchev–Trinajstić information content (AvgIpc) is 3.11. The molecule has 1 aromatic rings. The van der Waals surface area contributed by atoms with Gasteiger partial charge in [0.15, 0.2) is 0 Å². The van der Waals surface area contributed by atoms with E-state index in [2.05, 4.69) is 10.2 Å². The molecule has 2 nitrogen and oxygen atoms in total. The Balaban J connectivity index is 1.65. The number of hydrogen-bond acceptors (Lipinski definition) is 2. The van der Waals surface area contributed by atoms with E-state index in [1.807, 2.05) is 0 Å². The molecule has 1 N–H and O–H groups in total. The van der Waals surface area contributed by atoms with Crippen LogP contribution in [-0.2, 0) is 6.18 Å². The molecule has 1 heterocycles. The molecule has 6 heteroatoms. The molecule has 1 saturated carbocycles. The lowest BCUT2D eigenvalue weighted by Gasteiger charge is -2.17. The minimum absolute atomic E-state index is 0.113. The number of halogens is 4. The molecule has 1 unspecified atom stereocenters. The van der Waals surface area contributed by atoms with Crippen molar-refractivity contribution >= 4 is 5.69 Å². The highest BCUT2D eigenvalue weighted by Crippen LogP contribution is 2.33. The van der Waals surface area contributed by atoms with Crippen LogP contribution in [0, 0.1) is 5.82 Å². The highest BCUT2D eigenvalue weighted by molar-refractivity contribution is 5.48. The third-order valence-corrected chi connectivity index (χ3v) is 3.94. The largest absolute Gasteiger partial charge is 0.416 e. The molecule has 1 aliphatic carbocycles. The van der Waals surface area contributed by atoms with Crippen molar-refractivity contribution in [3.63, 3.8) is 0 Å². The maximum atomic E-state index is 13.7. The summed E-state index contributed by atoms with van der Waals surface area (Å²) in [5.41, 5.74) is -0.799. The van der Waals surface area contributed by atoms with Crippen molar-refractivity contribution in [3.8, 4) is 0 Å². The van der Waals surface area contributed by atoms with E-state index in [1.54, 1.807) is 0 Å². The number of likely N-dealkylation sites (tertiary alicyclic amines) is 1. The normalized spacial score (nSPS) is 24.1. The van der Waals surface area contributed by atoms with Crippen molar-refractivity contribution in [2.45, 2.75) is 37.5 Å². The summed E-state index contributed by atoms with van der Waals surface area (Å²) in [5, 5.41) is 3.02. The number of anilines is 1. The second kappa shape index (κ2) is 4.91. The molecule has 2 fully saturated rings. The predicted molar refractivity (Wildman–Crippen MR) is 68.0 cm³/mol. The summed E-state index contributed by atoms with van der Waals surface area (Å²) in [5.74, 6) is -0.843. The van der Waals surface area contributed by atoms with E-state index in [-0.39, 0.29) is 11.7 Å². The molecule has 20 heavy (non-hydrogen) atoms. The van der Waals surface area contributed by atoms with E-state index >= 15 is 0 Å². The molecule has 110 valence electrons. The smallest absolute Gasteiger partial charge is 0.379 e. The van der Waals surface area contributed by atoms with Gasteiger partial charge in [-0.3, -0.25) is 4.90 Å². The minimum Gasteiger partial charge on any atom is -0.379 e. The van der Waals surface area contributed by atoms with Gasteiger partial charge >= 0.3 is 6.18 Å². The van der Waals surface area contributed by atoms with E-state index in [0.717, 1.165) is 25.6 Å². The fraction of sp³-hybridized carbons (Fsp3) is 0.571. The van der Waals surface area contributed by atoms with Crippen LogP contribution in [0.1, 0.15) is 24.8 Å². The number of rotatable bonds is 3. The molecule has 2 aliphatic rings. The quantitative estimate of drug-likeness (QED) is 0.856. The summed E-state index contributed by atoms with van der Waals surface area (Å²) >= 11 is 0. The van der Waals surface area contributed by atoms with Crippen LogP contribution in [0.15, 0.2) is 18.2 Å². The van der Waals surface area contributed by atoms with Gasteiger partial charge in [0.2, 0.25) is 0 Å². The van der Waals surface area contributed by atoms with Crippen LogP contribution in [0.25, 0.3) is 0 Å². The van der Waals surface area contributed by atoms with Gasteiger partial charge in [0, 0.05) is 25.2 Å². The number of nitrogens with one attached hydrogen (secondary N) is 1. The minimum atomic E-state index is -4.50. The zero-order valence-electron chi connectivity index (χ0n) is 10.9.